The molecule has 0 atom stereocenters. The number of amides is 1. The van der Waals surface area contributed by atoms with Gasteiger partial charge in [0.1, 0.15) is 6.54 Å². The van der Waals surface area contributed by atoms with Gasteiger partial charge in [-0.1, -0.05) is 35.3 Å². The van der Waals surface area contributed by atoms with Crippen molar-refractivity contribution in [1.29, 1.82) is 0 Å². The summed E-state index contributed by atoms with van der Waals surface area (Å²) in [5.74, 6) is -0.477. The van der Waals surface area contributed by atoms with Gasteiger partial charge in [0.15, 0.2) is 0 Å². The molecule has 0 radical (unpaired) electrons. The summed E-state index contributed by atoms with van der Waals surface area (Å²) in [6, 6.07) is 10.0. The van der Waals surface area contributed by atoms with E-state index in [9.17, 15) is 13.2 Å². The maximum Gasteiger partial charge on any atom is 0.245 e. The molecule has 0 saturated heterocycles. The van der Waals surface area contributed by atoms with Crippen molar-refractivity contribution >= 4 is 50.5 Å². The first kappa shape index (κ1) is 19.6. The van der Waals surface area contributed by atoms with E-state index in [1.54, 1.807) is 44.2 Å². The number of hydrogen-bond donors (Lipinski definition) is 1. The first-order valence-electron chi connectivity index (χ1n) is 7.38. The Morgan fingerprint density at radius 3 is 2.48 bits per heavy atom. The molecule has 0 fully saturated rings. The summed E-state index contributed by atoms with van der Waals surface area (Å²) >= 11 is 12.0. The predicted octanol–water partition coefficient (Wildman–Crippen LogP) is 4.01. The van der Waals surface area contributed by atoms with E-state index >= 15 is 0 Å². The fourth-order valence-corrected chi connectivity index (χ4v) is 3.54. The van der Waals surface area contributed by atoms with Crippen molar-refractivity contribution in [3.8, 4) is 0 Å². The quantitative estimate of drug-likeness (QED) is 0.823. The number of rotatable bonds is 5. The Kier molecular flexibility index (Phi) is 5.98. The molecule has 8 heteroatoms. The fraction of sp³-hybridized carbons (Fsp3) is 0.235. The lowest BCUT2D eigenvalue weighted by atomic mass is 10.2. The predicted molar refractivity (Wildman–Crippen MR) is 103 cm³/mol. The van der Waals surface area contributed by atoms with E-state index in [2.05, 4.69) is 5.32 Å². The highest BCUT2D eigenvalue weighted by Gasteiger charge is 2.23. The van der Waals surface area contributed by atoms with Crippen molar-refractivity contribution in [2.45, 2.75) is 13.8 Å². The summed E-state index contributed by atoms with van der Waals surface area (Å²) < 4.78 is 25.4. The van der Waals surface area contributed by atoms with Crippen LogP contribution in [0.3, 0.4) is 0 Å². The summed E-state index contributed by atoms with van der Waals surface area (Å²) in [6.45, 7) is 3.15. The maximum atomic E-state index is 12.4. The molecule has 5 nitrogen and oxygen atoms in total. The van der Waals surface area contributed by atoms with Gasteiger partial charge in [0.05, 0.1) is 11.9 Å². The fourth-order valence-electron chi connectivity index (χ4n) is 2.30. The lowest BCUT2D eigenvalue weighted by Crippen LogP contribution is -2.38. The average Bonchev–Trinajstić information content (AvgIpc) is 2.51. The molecule has 25 heavy (non-hydrogen) atoms. The third kappa shape index (κ3) is 4.87. The smallest absolute Gasteiger partial charge is 0.245 e. The van der Waals surface area contributed by atoms with Gasteiger partial charge in [-0.05, 0) is 49.2 Å². The Hall–Kier alpha value is -1.76. The number of carbonyl (C=O) groups is 1. The normalized spacial score (nSPS) is 11.2. The van der Waals surface area contributed by atoms with Gasteiger partial charge in [-0.15, -0.1) is 0 Å². The van der Waals surface area contributed by atoms with Gasteiger partial charge in [-0.2, -0.15) is 0 Å². The highest BCUT2D eigenvalue weighted by atomic mass is 35.5. The Morgan fingerprint density at radius 2 is 1.84 bits per heavy atom. The Labute approximate surface area is 157 Å². The molecule has 0 aliphatic rings. The van der Waals surface area contributed by atoms with Crippen LogP contribution in [0.2, 0.25) is 10.0 Å². The molecule has 0 aliphatic heterocycles. The van der Waals surface area contributed by atoms with Crippen molar-refractivity contribution in [2.75, 3.05) is 22.4 Å². The second-order valence-electron chi connectivity index (χ2n) is 5.66. The molecule has 0 saturated carbocycles. The summed E-state index contributed by atoms with van der Waals surface area (Å²) in [6.07, 6.45) is 1.05. The van der Waals surface area contributed by atoms with E-state index in [-0.39, 0.29) is 6.54 Å². The first-order valence-corrected chi connectivity index (χ1v) is 9.99. The van der Waals surface area contributed by atoms with E-state index in [1.807, 2.05) is 0 Å². The number of carbonyl (C=O) groups excluding carboxylic acids is 1. The number of halogens is 2. The highest BCUT2D eigenvalue weighted by molar-refractivity contribution is 7.92. The van der Waals surface area contributed by atoms with Crippen LogP contribution in [-0.4, -0.2) is 27.1 Å². The number of benzene rings is 2. The van der Waals surface area contributed by atoms with Gasteiger partial charge in [0.25, 0.3) is 0 Å². The topological polar surface area (TPSA) is 66.5 Å². The van der Waals surface area contributed by atoms with Gasteiger partial charge in [-0.3, -0.25) is 9.10 Å². The Morgan fingerprint density at radius 1 is 1.16 bits per heavy atom. The second-order valence-corrected chi connectivity index (χ2v) is 8.41. The van der Waals surface area contributed by atoms with Crippen LogP contribution < -0.4 is 9.62 Å². The summed E-state index contributed by atoms with van der Waals surface area (Å²) in [5, 5.41) is 3.60. The lowest BCUT2D eigenvalue weighted by Gasteiger charge is -2.24. The molecule has 1 amide bonds. The van der Waals surface area contributed by atoms with Crippen LogP contribution in [0.15, 0.2) is 36.4 Å². The van der Waals surface area contributed by atoms with Gasteiger partial charge in [0.2, 0.25) is 15.9 Å². The molecular weight excluding hydrogens is 383 g/mol. The molecule has 2 aromatic rings. The van der Waals surface area contributed by atoms with E-state index in [1.165, 1.54) is 6.07 Å². The molecule has 0 spiro atoms. The molecule has 2 aromatic carbocycles. The number of sulfonamides is 1. The van der Waals surface area contributed by atoms with E-state index in [4.69, 9.17) is 23.2 Å². The third-order valence-corrected chi connectivity index (χ3v) is 5.44. The van der Waals surface area contributed by atoms with Gasteiger partial charge in [0, 0.05) is 15.7 Å². The summed E-state index contributed by atoms with van der Waals surface area (Å²) in [7, 11) is -3.68. The second kappa shape index (κ2) is 7.64. The molecule has 1 N–H and O–H groups in total. The maximum absolute atomic E-state index is 12.4. The van der Waals surface area contributed by atoms with E-state index < -0.39 is 15.9 Å². The lowest BCUT2D eigenvalue weighted by molar-refractivity contribution is -0.114. The van der Waals surface area contributed by atoms with Crippen molar-refractivity contribution in [3.63, 3.8) is 0 Å². The van der Waals surface area contributed by atoms with Gasteiger partial charge in [-0.25, -0.2) is 8.42 Å². The number of hydrogen-bond acceptors (Lipinski definition) is 3. The number of nitrogens with zero attached hydrogens (tertiary/aromatic N) is 1. The van der Waals surface area contributed by atoms with Crippen molar-refractivity contribution in [3.05, 3.63) is 57.6 Å². The van der Waals surface area contributed by atoms with E-state index in [0.717, 1.165) is 10.6 Å². The summed E-state index contributed by atoms with van der Waals surface area (Å²) in [4.78, 5) is 12.4. The van der Waals surface area contributed by atoms with Crippen molar-refractivity contribution in [1.82, 2.24) is 0 Å². The van der Waals surface area contributed by atoms with Crippen LogP contribution in [-0.2, 0) is 14.8 Å². The minimum atomic E-state index is -3.68. The van der Waals surface area contributed by atoms with Crippen LogP contribution in [0.1, 0.15) is 11.1 Å². The van der Waals surface area contributed by atoms with Gasteiger partial charge >= 0.3 is 0 Å². The van der Waals surface area contributed by atoms with E-state index in [0.29, 0.717) is 32.5 Å². The standard InChI is InChI=1S/C17H18Cl2N2O3S/c1-11-7-8-13(18)9-16(11)21(25(3,23)24)10-17(22)20-15-6-4-5-14(19)12(15)2/h4-9H,10H2,1-3H3,(H,20,22). The van der Waals surface area contributed by atoms with Crippen molar-refractivity contribution < 1.29 is 13.2 Å². The molecule has 0 aliphatic carbocycles. The molecule has 0 unspecified atom stereocenters. The highest BCUT2D eigenvalue weighted by Crippen LogP contribution is 2.27. The van der Waals surface area contributed by atoms with Crippen LogP contribution >= 0.6 is 23.2 Å². The van der Waals surface area contributed by atoms with Crippen LogP contribution in [0.5, 0.6) is 0 Å². The molecular formula is C17H18Cl2N2O3S. The zero-order valence-electron chi connectivity index (χ0n) is 14.0. The molecule has 0 bridgehead atoms. The van der Waals surface area contributed by atoms with Crippen molar-refractivity contribution in [2.24, 2.45) is 0 Å². The summed E-state index contributed by atoms with van der Waals surface area (Å²) in [5.41, 5.74) is 2.31. The van der Waals surface area contributed by atoms with Crippen LogP contribution in [0.25, 0.3) is 0 Å². The first-order chi connectivity index (χ1) is 11.6. The molecule has 0 heterocycles. The number of nitrogens with one attached hydrogen (secondary N) is 1. The zero-order valence-corrected chi connectivity index (χ0v) is 16.3. The molecule has 0 aromatic heterocycles. The molecule has 2 rings (SSSR count). The monoisotopic (exact) mass is 400 g/mol. The number of aryl methyl sites for hydroxylation is 1. The minimum absolute atomic E-state index is 0.368. The number of anilines is 2. The third-order valence-electron chi connectivity index (χ3n) is 3.67. The van der Waals surface area contributed by atoms with Crippen LogP contribution in [0, 0.1) is 13.8 Å². The zero-order chi connectivity index (χ0) is 18.8. The molecule has 134 valence electrons. The minimum Gasteiger partial charge on any atom is -0.324 e. The Bertz CT molecular complexity index is 914. The average molecular weight is 401 g/mol. The van der Waals surface area contributed by atoms with Crippen LogP contribution in [0.4, 0.5) is 11.4 Å². The van der Waals surface area contributed by atoms with Gasteiger partial charge < -0.3 is 5.32 Å². The SMILES string of the molecule is Cc1ccc(Cl)cc1N(CC(=O)Nc1cccc(Cl)c1C)S(C)(=O)=O. The Balaban J connectivity index is 2.30. The largest absolute Gasteiger partial charge is 0.324 e.